The molecule has 1 saturated heterocycles. The SMILES string of the molecule is CCN1CCN(C(O)NC(C(=O)N[C@H]2Cc3cccc(C(=O)O)c3OB2O)c2ccc(O)cn2)C(=O)C1=O. The predicted octanol–water partition coefficient (Wildman–Crippen LogP) is -1.78. The number of fused-ring (bicyclic) bond motifs is 1. The molecular formula is C23H26BN5O9. The van der Waals surface area contributed by atoms with Gasteiger partial charge in [0, 0.05) is 19.6 Å². The number of likely N-dealkylation sites (N-methyl/N-ethyl adjacent to an activating group) is 1. The zero-order valence-electron chi connectivity index (χ0n) is 20.3. The number of carbonyl (C=O) groups is 4. The van der Waals surface area contributed by atoms with Gasteiger partial charge in [0.2, 0.25) is 5.91 Å². The molecule has 15 heteroatoms. The molecule has 0 radical (unpaired) electrons. The smallest absolute Gasteiger partial charge is 0.534 e. The molecule has 2 aromatic rings. The number of carbonyl (C=O) groups excluding carboxylic acids is 3. The Labute approximate surface area is 217 Å². The quantitative estimate of drug-likeness (QED) is 0.129. The number of hydrogen-bond donors (Lipinski definition) is 6. The number of amides is 3. The molecule has 2 unspecified atom stereocenters. The van der Waals surface area contributed by atoms with Crippen LogP contribution < -0.4 is 15.3 Å². The molecule has 0 spiro atoms. The number of carboxylic acids is 1. The van der Waals surface area contributed by atoms with E-state index < -0.39 is 49.1 Å². The fraction of sp³-hybridized carbons (Fsp3) is 0.348. The molecular weight excluding hydrogens is 501 g/mol. The van der Waals surface area contributed by atoms with Gasteiger partial charge in [0.25, 0.3) is 0 Å². The van der Waals surface area contributed by atoms with Crippen LogP contribution in [0, 0.1) is 0 Å². The van der Waals surface area contributed by atoms with Gasteiger partial charge in [-0.15, -0.1) is 0 Å². The largest absolute Gasteiger partial charge is 0.547 e. The average molecular weight is 527 g/mol. The Bertz CT molecular complexity index is 1240. The zero-order valence-corrected chi connectivity index (χ0v) is 20.3. The number of benzene rings is 1. The number of carboxylic acid groups (broad SMARTS) is 1. The summed E-state index contributed by atoms with van der Waals surface area (Å²) in [5, 5.41) is 45.4. The van der Waals surface area contributed by atoms with Gasteiger partial charge in [-0.2, -0.15) is 0 Å². The normalized spacial score (nSPS) is 18.9. The number of aromatic carboxylic acids is 1. The first kappa shape index (κ1) is 26.8. The topological polar surface area (TPSA) is 202 Å². The molecule has 1 fully saturated rings. The number of nitrogens with zero attached hydrogens (tertiary/aromatic N) is 3. The predicted molar refractivity (Wildman–Crippen MR) is 129 cm³/mol. The van der Waals surface area contributed by atoms with Gasteiger partial charge in [-0.05, 0) is 37.1 Å². The van der Waals surface area contributed by atoms with E-state index in [0.29, 0.717) is 12.1 Å². The third-order valence-corrected chi connectivity index (χ3v) is 6.34. The van der Waals surface area contributed by atoms with E-state index in [2.05, 4.69) is 15.6 Å². The summed E-state index contributed by atoms with van der Waals surface area (Å²) in [4.78, 5) is 55.9. The van der Waals surface area contributed by atoms with Gasteiger partial charge >= 0.3 is 24.9 Å². The number of piperazine rings is 1. The minimum absolute atomic E-state index is 0.00213. The number of para-hydroxylation sites is 1. The van der Waals surface area contributed by atoms with Crippen molar-refractivity contribution in [2.75, 3.05) is 19.6 Å². The number of rotatable bonds is 8. The first-order valence-corrected chi connectivity index (χ1v) is 11.8. The molecule has 1 aromatic heterocycles. The third kappa shape index (κ3) is 5.39. The molecule has 0 saturated carbocycles. The number of nitrogens with one attached hydrogen (secondary N) is 2. The van der Waals surface area contributed by atoms with Crippen molar-refractivity contribution in [3.05, 3.63) is 53.3 Å². The Morgan fingerprint density at radius 1 is 1.21 bits per heavy atom. The highest BCUT2D eigenvalue weighted by Crippen LogP contribution is 2.30. The third-order valence-electron chi connectivity index (χ3n) is 6.34. The second kappa shape index (κ2) is 11.0. The lowest BCUT2D eigenvalue weighted by Crippen LogP contribution is -2.62. The Hall–Kier alpha value is -4.21. The number of aromatic hydroxyl groups is 1. The van der Waals surface area contributed by atoms with Crippen LogP contribution in [-0.2, 0) is 20.8 Å². The maximum absolute atomic E-state index is 13.4. The molecule has 2 aliphatic heterocycles. The van der Waals surface area contributed by atoms with Crippen molar-refractivity contribution in [2.24, 2.45) is 0 Å². The molecule has 6 N–H and O–H groups in total. The first-order chi connectivity index (χ1) is 18.1. The molecule has 200 valence electrons. The maximum atomic E-state index is 13.4. The highest BCUT2D eigenvalue weighted by atomic mass is 16.5. The monoisotopic (exact) mass is 527 g/mol. The van der Waals surface area contributed by atoms with Crippen molar-refractivity contribution in [1.82, 2.24) is 25.4 Å². The van der Waals surface area contributed by atoms with E-state index in [-0.39, 0.29) is 42.3 Å². The van der Waals surface area contributed by atoms with Crippen LogP contribution in [0.15, 0.2) is 36.5 Å². The van der Waals surface area contributed by atoms with Crippen molar-refractivity contribution < 1.29 is 44.2 Å². The highest BCUT2D eigenvalue weighted by molar-refractivity contribution is 6.47. The molecule has 3 amide bonds. The van der Waals surface area contributed by atoms with Gasteiger partial charge in [-0.1, -0.05) is 12.1 Å². The van der Waals surface area contributed by atoms with E-state index in [0.717, 1.165) is 11.1 Å². The number of aromatic nitrogens is 1. The van der Waals surface area contributed by atoms with E-state index in [1.165, 1.54) is 29.2 Å². The lowest BCUT2D eigenvalue weighted by Gasteiger charge is -2.37. The summed E-state index contributed by atoms with van der Waals surface area (Å²) in [5.41, 5.74) is 0.375. The fourth-order valence-corrected chi connectivity index (χ4v) is 4.31. The van der Waals surface area contributed by atoms with Crippen molar-refractivity contribution in [1.29, 1.82) is 0 Å². The fourth-order valence-electron chi connectivity index (χ4n) is 4.31. The van der Waals surface area contributed by atoms with Crippen molar-refractivity contribution in [3.63, 3.8) is 0 Å². The highest BCUT2D eigenvalue weighted by Gasteiger charge is 2.41. The second-order valence-corrected chi connectivity index (χ2v) is 8.72. The summed E-state index contributed by atoms with van der Waals surface area (Å²) in [5.74, 6) is -4.93. The van der Waals surface area contributed by atoms with Crippen LogP contribution in [0.4, 0.5) is 0 Å². The van der Waals surface area contributed by atoms with E-state index >= 15 is 0 Å². The second-order valence-electron chi connectivity index (χ2n) is 8.72. The summed E-state index contributed by atoms with van der Waals surface area (Å²) < 4.78 is 5.41. The van der Waals surface area contributed by atoms with Crippen LogP contribution >= 0.6 is 0 Å². The lowest BCUT2D eigenvalue weighted by atomic mass is 9.72. The van der Waals surface area contributed by atoms with E-state index in [9.17, 15) is 39.5 Å². The van der Waals surface area contributed by atoms with Crippen molar-refractivity contribution >= 4 is 30.8 Å². The van der Waals surface area contributed by atoms with E-state index in [1.54, 1.807) is 13.0 Å². The van der Waals surface area contributed by atoms with Crippen LogP contribution in [0.5, 0.6) is 11.5 Å². The standard InChI is InChI=1S/C23H26BN5O9/c1-2-28-8-9-29(21(33)20(28)32)23(36)27-17(15-7-6-13(30)11-25-15)19(31)26-16-10-12-4-3-5-14(22(34)35)18(12)38-24(16)37/h3-7,11,16-17,23,27,30,36-37H,2,8-10H2,1H3,(H,26,31)(H,34,35)/t16-,17?,23?/m0/s1. The molecule has 0 bridgehead atoms. The maximum Gasteiger partial charge on any atom is 0.547 e. The number of pyridine rings is 1. The summed E-state index contributed by atoms with van der Waals surface area (Å²) in [7, 11) is -1.59. The van der Waals surface area contributed by atoms with Gasteiger partial charge in [-0.3, -0.25) is 29.6 Å². The van der Waals surface area contributed by atoms with Crippen LogP contribution in [0.2, 0.25) is 0 Å². The van der Waals surface area contributed by atoms with Gasteiger partial charge in [0.1, 0.15) is 17.5 Å². The number of aliphatic hydroxyl groups excluding tert-OH is 1. The van der Waals surface area contributed by atoms with Gasteiger partial charge < -0.3 is 35.2 Å². The molecule has 2 aliphatic rings. The van der Waals surface area contributed by atoms with Crippen LogP contribution in [0.3, 0.4) is 0 Å². The van der Waals surface area contributed by atoms with Crippen LogP contribution in [0.1, 0.15) is 34.6 Å². The Morgan fingerprint density at radius 3 is 2.63 bits per heavy atom. The first-order valence-electron chi connectivity index (χ1n) is 11.8. The Morgan fingerprint density at radius 2 is 1.97 bits per heavy atom. The number of aliphatic hydroxyl groups is 1. The average Bonchev–Trinajstić information content (AvgIpc) is 2.89. The molecule has 3 heterocycles. The minimum atomic E-state index is -1.75. The molecule has 14 nitrogen and oxygen atoms in total. The summed E-state index contributed by atoms with van der Waals surface area (Å²) >= 11 is 0. The van der Waals surface area contributed by atoms with Crippen LogP contribution in [0.25, 0.3) is 0 Å². The van der Waals surface area contributed by atoms with Gasteiger partial charge in [0.05, 0.1) is 23.4 Å². The summed E-state index contributed by atoms with van der Waals surface area (Å²) in [6.07, 6.45) is -0.628. The molecule has 0 aliphatic carbocycles. The Kier molecular flexibility index (Phi) is 7.80. The minimum Gasteiger partial charge on any atom is -0.534 e. The Balaban J connectivity index is 1.54. The van der Waals surface area contributed by atoms with Crippen LogP contribution in [-0.4, -0.2) is 97.9 Å². The molecule has 4 rings (SSSR count). The molecule has 3 atom stereocenters. The molecule has 38 heavy (non-hydrogen) atoms. The van der Waals surface area contributed by atoms with Crippen molar-refractivity contribution in [3.8, 4) is 11.5 Å². The number of hydrogen-bond acceptors (Lipinski definition) is 10. The molecule has 1 aromatic carbocycles. The van der Waals surface area contributed by atoms with E-state index in [4.69, 9.17) is 4.65 Å². The van der Waals surface area contributed by atoms with E-state index in [1.807, 2.05) is 0 Å². The van der Waals surface area contributed by atoms with Gasteiger partial charge in [-0.25, -0.2) is 4.79 Å². The van der Waals surface area contributed by atoms with Crippen molar-refractivity contribution in [2.45, 2.75) is 31.7 Å². The lowest BCUT2D eigenvalue weighted by molar-refractivity contribution is -0.166. The zero-order chi connectivity index (χ0) is 27.6. The summed E-state index contributed by atoms with van der Waals surface area (Å²) in [6.45, 7) is 2.25. The van der Waals surface area contributed by atoms with Gasteiger partial charge in [0.15, 0.2) is 6.35 Å². The summed E-state index contributed by atoms with van der Waals surface area (Å²) in [6, 6.07) is 5.65.